The van der Waals surface area contributed by atoms with Crippen molar-refractivity contribution < 1.29 is 14.3 Å². The number of methoxy groups -OCH3 is 1. The van der Waals surface area contributed by atoms with Crippen molar-refractivity contribution in [2.24, 2.45) is 0 Å². The van der Waals surface area contributed by atoms with Gasteiger partial charge in [0.1, 0.15) is 11.6 Å². The molecule has 0 aromatic carbocycles. The molecule has 2 fully saturated rings. The fraction of sp³-hybridized carbons (Fsp3) is 0.875. The Bertz CT molecular complexity index is 406. The van der Waals surface area contributed by atoms with E-state index in [0.29, 0.717) is 19.3 Å². The zero-order chi connectivity index (χ0) is 15.6. The minimum Gasteiger partial charge on any atom is -0.381 e. The van der Waals surface area contributed by atoms with Crippen LogP contribution < -0.4 is 5.32 Å². The Morgan fingerprint density at radius 2 is 1.90 bits per heavy atom. The molecule has 120 valence electrons. The molecule has 0 spiro atoms. The largest absolute Gasteiger partial charge is 0.381 e. The predicted octanol–water partition coefficient (Wildman–Crippen LogP) is 1.85. The van der Waals surface area contributed by atoms with Gasteiger partial charge in [-0.2, -0.15) is 0 Å². The van der Waals surface area contributed by atoms with Crippen molar-refractivity contribution in [2.75, 3.05) is 7.11 Å². The van der Waals surface area contributed by atoms with Gasteiger partial charge in [-0.3, -0.25) is 9.59 Å². The molecule has 1 aliphatic carbocycles. The predicted molar refractivity (Wildman–Crippen MR) is 80.8 cm³/mol. The third kappa shape index (κ3) is 2.68. The summed E-state index contributed by atoms with van der Waals surface area (Å²) in [5, 5.41) is 3.00. The van der Waals surface area contributed by atoms with Gasteiger partial charge >= 0.3 is 0 Å². The second-order valence-corrected chi connectivity index (χ2v) is 6.24. The topological polar surface area (TPSA) is 58.6 Å². The highest BCUT2D eigenvalue weighted by Crippen LogP contribution is 2.34. The monoisotopic (exact) mass is 296 g/mol. The van der Waals surface area contributed by atoms with Gasteiger partial charge < -0.3 is 15.0 Å². The van der Waals surface area contributed by atoms with Gasteiger partial charge in [-0.15, -0.1) is 0 Å². The Morgan fingerprint density at radius 1 is 1.24 bits per heavy atom. The van der Waals surface area contributed by atoms with Crippen molar-refractivity contribution >= 4 is 11.8 Å². The first-order chi connectivity index (χ1) is 10.0. The van der Waals surface area contributed by atoms with Gasteiger partial charge in [0.25, 0.3) is 0 Å². The highest BCUT2D eigenvalue weighted by molar-refractivity contribution is 6.00. The lowest BCUT2D eigenvalue weighted by atomic mass is 9.85. The molecule has 5 heteroatoms. The fourth-order valence-electron chi connectivity index (χ4n) is 3.80. The van der Waals surface area contributed by atoms with Crippen LogP contribution in [0.4, 0.5) is 0 Å². The van der Waals surface area contributed by atoms with Crippen LogP contribution in [0, 0.1) is 0 Å². The number of ether oxygens (including phenoxy) is 1. The Morgan fingerprint density at radius 3 is 2.38 bits per heavy atom. The standard InChI is InChI=1S/C16H28N2O3/c1-5-13-14(19)17-16(6-2,7-3)15(20)18(13)11-8-9-12(10-11)21-4/h11-13H,5-10H2,1-4H3,(H,17,19). The van der Waals surface area contributed by atoms with Gasteiger partial charge in [-0.25, -0.2) is 0 Å². The molecule has 0 aromatic rings. The Hall–Kier alpha value is -1.10. The summed E-state index contributed by atoms with van der Waals surface area (Å²) in [5.41, 5.74) is -0.714. The van der Waals surface area contributed by atoms with Crippen molar-refractivity contribution in [1.29, 1.82) is 0 Å². The first kappa shape index (κ1) is 16.3. The van der Waals surface area contributed by atoms with Crippen LogP contribution in [0.2, 0.25) is 0 Å². The number of nitrogens with zero attached hydrogens (tertiary/aromatic N) is 1. The minimum atomic E-state index is -0.714. The summed E-state index contributed by atoms with van der Waals surface area (Å²) in [4.78, 5) is 27.4. The van der Waals surface area contributed by atoms with E-state index in [1.165, 1.54) is 0 Å². The van der Waals surface area contributed by atoms with Crippen molar-refractivity contribution in [3.8, 4) is 0 Å². The first-order valence-corrected chi connectivity index (χ1v) is 8.20. The molecule has 5 nitrogen and oxygen atoms in total. The molecule has 2 rings (SSSR count). The van der Waals surface area contributed by atoms with Gasteiger partial charge in [-0.05, 0) is 38.5 Å². The van der Waals surface area contributed by atoms with Crippen LogP contribution in [-0.2, 0) is 14.3 Å². The summed E-state index contributed by atoms with van der Waals surface area (Å²) < 4.78 is 5.43. The van der Waals surface area contributed by atoms with E-state index < -0.39 is 5.54 Å². The molecule has 21 heavy (non-hydrogen) atoms. The number of carbonyl (C=O) groups is 2. The van der Waals surface area contributed by atoms with Crippen LogP contribution in [0.15, 0.2) is 0 Å². The highest BCUT2D eigenvalue weighted by atomic mass is 16.5. The van der Waals surface area contributed by atoms with E-state index in [-0.39, 0.29) is 30.0 Å². The highest BCUT2D eigenvalue weighted by Gasteiger charge is 2.51. The van der Waals surface area contributed by atoms with Crippen molar-refractivity contribution in [3.05, 3.63) is 0 Å². The zero-order valence-corrected chi connectivity index (χ0v) is 13.6. The lowest BCUT2D eigenvalue weighted by Crippen LogP contribution is -2.71. The van der Waals surface area contributed by atoms with Crippen molar-refractivity contribution in [3.63, 3.8) is 0 Å². The molecule has 3 unspecified atom stereocenters. The molecule has 0 radical (unpaired) electrons. The maximum Gasteiger partial charge on any atom is 0.249 e. The fourth-order valence-corrected chi connectivity index (χ4v) is 3.80. The molecule has 3 atom stereocenters. The average molecular weight is 296 g/mol. The van der Waals surface area contributed by atoms with E-state index in [9.17, 15) is 9.59 Å². The first-order valence-electron chi connectivity index (χ1n) is 8.20. The summed E-state index contributed by atoms with van der Waals surface area (Å²) in [6.45, 7) is 5.91. The number of nitrogens with one attached hydrogen (secondary N) is 1. The van der Waals surface area contributed by atoms with Crippen molar-refractivity contribution in [1.82, 2.24) is 10.2 Å². The molecule has 1 aliphatic heterocycles. The minimum absolute atomic E-state index is 0.00154. The molecule has 1 N–H and O–H groups in total. The maximum absolute atomic E-state index is 13.1. The SMILES string of the molecule is CCC1C(=O)NC(CC)(CC)C(=O)N1C1CCC(OC)C1. The Labute approximate surface area is 127 Å². The number of hydrogen-bond acceptors (Lipinski definition) is 3. The lowest BCUT2D eigenvalue weighted by molar-refractivity contribution is -0.158. The maximum atomic E-state index is 13.1. The van der Waals surface area contributed by atoms with Gasteiger partial charge in [-0.1, -0.05) is 20.8 Å². The van der Waals surface area contributed by atoms with Gasteiger partial charge in [0.15, 0.2) is 0 Å². The Balaban J connectivity index is 2.29. The average Bonchev–Trinajstić information content (AvgIpc) is 2.97. The molecule has 0 bridgehead atoms. The number of hydrogen-bond donors (Lipinski definition) is 1. The quantitative estimate of drug-likeness (QED) is 0.842. The molecule has 2 aliphatic rings. The molecule has 1 heterocycles. The lowest BCUT2D eigenvalue weighted by Gasteiger charge is -2.47. The van der Waals surface area contributed by atoms with E-state index in [1.807, 2.05) is 25.7 Å². The van der Waals surface area contributed by atoms with Crippen LogP contribution in [0.5, 0.6) is 0 Å². The summed E-state index contributed by atoms with van der Waals surface area (Å²) in [6.07, 6.45) is 4.89. The number of rotatable bonds is 5. The second-order valence-electron chi connectivity index (χ2n) is 6.24. The third-order valence-electron chi connectivity index (χ3n) is 5.32. The summed E-state index contributed by atoms with van der Waals surface area (Å²) in [6, 6.07) is -0.194. The summed E-state index contributed by atoms with van der Waals surface area (Å²) >= 11 is 0. The normalized spacial score (nSPS) is 32.4. The van der Waals surface area contributed by atoms with Crippen LogP contribution in [-0.4, -0.2) is 47.6 Å². The molecule has 1 saturated heterocycles. The Kier molecular flexibility index (Phi) is 4.91. The van der Waals surface area contributed by atoms with Gasteiger partial charge in [0.05, 0.1) is 6.10 Å². The number of piperazine rings is 1. The van der Waals surface area contributed by atoms with Crippen LogP contribution >= 0.6 is 0 Å². The molecule has 0 aromatic heterocycles. The van der Waals surface area contributed by atoms with E-state index in [2.05, 4.69) is 5.32 Å². The number of amides is 2. The molecule has 1 saturated carbocycles. The number of carbonyl (C=O) groups excluding carboxylic acids is 2. The molecule has 2 amide bonds. The second kappa shape index (κ2) is 6.34. The third-order valence-corrected chi connectivity index (χ3v) is 5.32. The van der Waals surface area contributed by atoms with Crippen LogP contribution in [0.25, 0.3) is 0 Å². The van der Waals surface area contributed by atoms with E-state index >= 15 is 0 Å². The van der Waals surface area contributed by atoms with E-state index in [0.717, 1.165) is 19.3 Å². The summed E-state index contributed by atoms with van der Waals surface area (Å²) in [7, 11) is 1.72. The van der Waals surface area contributed by atoms with Crippen LogP contribution in [0.3, 0.4) is 0 Å². The zero-order valence-electron chi connectivity index (χ0n) is 13.6. The summed E-state index contributed by atoms with van der Waals surface area (Å²) in [5.74, 6) is 0.0994. The van der Waals surface area contributed by atoms with E-state index in [1.54, 1.807) is 7.11 Å². The van der Waals surface area contributed by atoms with Crippen LogP contribution in [0.1, 0.15) is 59.3 Å². The van der Waals surface area contributed by atoms with Gasteiger partial charge in [0.2, 0.25) is 11.8 Å². The molecular weight excluding hydrogens is 268 g/mol. The van der Waals surface area contributed by atoms with Crippen molar-refractivity contribution in [2.45, 2.75) is 83.0 Å². The smallest absolute Gasteiger partial charge is 0.249 e. The molecular formula is C16H28N2O3. The van der Waals surface area contributed by atoms with E-state index in [4.69, 9.17) is 4.74 Å². The van der Waals surface area contributed by atoms with Gasteiger partial charge in [0, 0.05) is 13.2 Å².